The van der Waals surface area contributed by atoms with Crippen molar-refractivity contribution in [2.75, 3.05) is 6.54 Å². The summed E-state index contributed by atoms with van der Waals surface area (Å²) in [6.45, 7) is 1.02. The van der Waals surface area contributed by atoms with Crippen molar-refractivity contribution < 1.29 is 0 Å². The quantitative estimate of drug-likeness (QED) is 0.807. The van der Waals surface area contributed by atoms with E-state index in [-0.39, 0.29) is 0 Å². The van der Waals surface area contributed by atoms with Gasteiger partial charge in [-0.05, 0) is 36.6 Å². The van der Waals surface area contributed by atoms with Crippen LogP contribution in [0.5, 0.6) is 0 Å². The van der Waals surface area contributed by atoms with Gasteiger partial charge in [0.15, 0.2) is 0 Å². The van der Waals surface area contributed by atoms with Crippen LogP contribution in [-0.4, -0.2) is 22.5 Å². The molecule has 2 aromatic rings. The lowest BCUT2D eigenvalue weighted by Crippen LogP contribution is -2.21. The molecule has 1 aromatic heterocycles. The molecule has 1 aromatic carbocycles. The maximum Gasteiger partial charge on any atom is 0.0709 e. The van der Waals surface area contributed by atoms with Gasteiger partial charge in [0.25, 0.3) is 0 Å². The summed E-state index contributed by atoms with van der Waals surface area (Å²) in [6.07, 6.45) is 9.40. The summed E-state index contributed by atoms with van der Waals surface area (Å²) in [5.41, 5.74) is 3.38. The number of allylic oxidation sites excluding steroid dienone is 2. The molecule has 0 spiro atoms. The van der Waals surface area contributed by atoms with E-state index in [0.29, 0.717) is 0 Å². The summed E-state index contributed by atoms with van der Waals surface area (Å²) in [5.74, 6) is 0. The average molecular weight is 248 g/mol. The predicted octanol–water partition coefficient (Wildman–Crippen LogP) is 3.61. The number of rotatable bonds is 2. The minimum atomic E-state index is 0.790. The Hall–Kier alpha value is -2.09. The van der Waals surface area contributed by atoms with Gasteiger partial charge >= 0.3 is 0 Å². The van der Waals surface area contributed by atoms with Crippen molar-refractivity contribution in [3.05, 3.63) is 60.4 Å². The van der Waals surface area contributed by atoms with Gasteiger partial charge in [-0.15, -0.1) is 0 Å². The first-order valence-corrected chi connectivity index (χ1v) is 6.90. The lowest BCUT2D eigenvalue weighted by Gasteiger charge is -2.22. The summed E-state index contributed by atoms with van der Waals surface area (Å²) >= 11 is 0. The van der Waals surface area contributed by atoms with Crippen LogP contribution >= 0.6 is 0 Å². The fourth-order valence-electron chi connectivity index (χ4n) is 2.60. The van der Waals surface area contributed by atoms with Crippen molar-refractivity contribution >= 4 is 16.5 Å². The van der Waals surface area contributed by atoms with Gasteiger partial charge in [0.05, 0.1) is 11.2 Å². The number of pyridine rings is 1. The van der Waals surface area contributed by atoms with Crippen LogP contribution < -0.4 is 0 Å². The van der Waals surface area contributed by atoms with Crippen molar-refractivity contribution in [2.24, 2.45) is 0 Å². The Morgan fingerprint density at radius 1 is 1.05 bits per heavy atom. The second kappa shape index (κ2) is 4.23. The molecule has 2 nitrogen and oxygen atoms in total. The fourth-order valence-corrected chi connectivity index (χ4v) is 2.60. The highest BCUT2D eigenvalue weighted by atomic mass is 15.2. The molecular weight excluding hydrogens is 232 g/mol. The Kier molecular flexibility index (Phi) is 2.41. The number of aromatic nitrogens is 1. The van der Waals surface area contributed by atoms with Crippen molar-refractivity contribution in [1.82, 2.24) is 9.88 Å². The van der Waals surface area contributed by atoms with Gasteiger partial charge in [0.2, 0.25) is 0 Å². The van der Waals surface area contributed by atoms with Crippen LogP contribution in [0.15, 0.2) is 54.8 Å². The molecular formula is C17H16N2. The van der Waals surface area contributed by atoms with Gasteiger partial charge in [0.1, 0.15) is 0 Å². The smallest absolute Gasteiger partial charge is 0.0709 e. The predicted molar refractivity (Wildman–Crippen MR) is 78.6 cm³/mol. The van der Waals surface area contributed by atoms with E-state index >= 15 is 0 Å². The zero-order valence-corrected chi connectivity index (χ0v) is 10.8. The summed E-state index contributed by atoms with van der Waals surface area (Å²) in [4.78, 5) is 7.17. The molecule has 4 rings (SSSR count). The van der Waals surface area contributed by atoms with Crippen molar-refractivity contribution in [3.8, 4) is 0 Å². The van der Waals surface area contributed by atoms with Gasteiger partial charge < -0.3 is 4.90 Å². The molecule has 19 heavy (non-hydrogen) atoms. The van der Waals surface area contributed by atoms with Crippen LogP contribution in [0.2, 0.25) is 0 Å². The van der Waals surface area contributed by atoms with E-state index in [1.807, 2.05) is 6.07 Å². The Morgan fingerprint density at radius 2 is 1.95 bits per heavy atom. The first-order valence-electron chi connectivity index (χ1n) is 6.90. The Labute approximate surface area is 113 Å². The molecule has 0 saturated heterocycles. The van der Waals surface area contributed by atoms with Crippen LogP contribution in [0.3, 0.4) is 0 Å². The van der Waals surface area contributed by atoms with Crippen molar-refractivity contribution in [1.29, 1.82) is 0 Å². The maximum atomic E-state index is 4.75. The number of nitrogens with zero attached hydrogens (tertiary/aromatic N) is 2. The van der Waals surface area contributed by atoms with Gasteiger partial charge in [0, 0.05) is 24.2 Å². The first kappa shape index (κ1) is 10.8. The highest BCUT2D eigenvalue weighted by Gasteiger charge is 2.27. The largest absolute Gasteiger partial charge is 0.371 e. The van der Waals surface area contributed by atoms with E-state index < -0.39 is 0 Å². The third-order valence-electron chi connectivity index (χ3n) is 3.88. The Bertz CT molecular complexity index is 680. The third-order valence-corrected chi connectivity index (χ3v) is 3.88. The van der Waals surface area contributed by atoms with E-state index in [0.717, 1.165) is 23.8 Å². The van der Waals surface area contributed by atoms with Crippen LogP contribution in [0, 0.1) is 0 Å². The van der Waals surface area contributed by atoms with Crippen LogP contribution in [0.1, 0.15) is 18.5 Å². The first-order chi connectivity index (χ1) is 9.40. The third kappa shape index (κ3) is 2.03. The lowest BCUT2D eigenvalue weighted by molar-refractivity contribution is 0.403. The summed E-state index contributed by atoms with van der Waals surface area (Å²) < 4.78 is 0. The zero-order chi connectivity index (χ0) is 12.7. The Balaban J connectivity index is 1.65. The second-order valence-corrected chi connectivity index (χ2v) is 5.29. The van der Waals surface area contributed by atoms with Gasteiger partial charge in [-0.25, -0.2) is 4.98 Å². The topological polar surface area (TPSA) is 16.1 Å². The maximum absolute atomic E-state index is 4.75. The normalized spacial score (nSPS) is 18.7. The molecule has 1 saturated carbocycles. The average Bonchev–Trinajstić information content (AvgIpc) is 3.32. The standard InChI is InChI=1S/C17H16N2/c1-2-4-16-13(3-1)5-8-17(18-16)14-9-11-19(12-10-14)15-6-7-15/h1-5,8-11,15H,6-7,12H2. The molecule has 2 heteroatoms. The summed E-state index contributed by atoms with van der Waals surface area (Å²) in [7, 11) is 0. The van der Waals surface area contributed by atoms with Crippen molar-refractivity contribution in [3.63, 3.8) is 0 Å². The summed E-state index contributed by atoms with van der Waals surface area (Å²) in [6, 6.07) is 13.3. The molecule has 0 N–H and O–H groups in total. The zero-order valence-electron chi connectivity index (χ0n) is 10.8. The highest BCUT2D eigenvalue weighted by molar-refractivity contribution is 5.82. The number of fused-ring (bicyclic) bond motifs is 1. The number of hydrogen-bond acceptors (Lipinski definition) is 2. The SMILES string of the molecule is C1=CN(C2CC2)CC=C1c1ccc2ccccc2n1. The minimum absolute atomic E-state index is 0.790. The van der Waals surface area contributed by atoms with Crippen LogP contribution in [-0.2, 0) is 0 Å². The molecule has 0 amide bonds. The molecule has 2 heterocycles. The monoisotopic (exact) mass is 248 g/mol. The van der Waals surface area contributed by atoms with E-state index in [4.69, 9.17) is 4.98 Å². The molecule has 1 aliphatic carbocycles. The second-order valence-electron chi connectivity index (χ2n) is 5.29. The molecule has 0 bridgehead atoms. The van der Waals surface area contributed by atoms with Gasteiger partial charge in [-0.1, -0.05) is 30.3 Å². The van der Waals surface area contributed by atoms with Gasteiger partial charge in [-0.3, -0.25) is 0 Å². The van der Waals surface area contributed by atoms with E-state index in [9.17, 15) is 0 Å². The molecule has 94 valence electrons. The number of benzene rings is 1. The van der Waals surface area contributed by atoms with E-state index in [1.165, 1.54) is 23.8 Å². The van der Waals surface area contributed by atoms with Crippen LogP contribution in [0.25, 0.3) is 16.5 Å². The van der Waals surface area contributed by atoms with Gasteiger partial charge in [-0.2, -0.15) is 0 Å². The molecule has 1 aliphatic heterocycles. The molecule has 1 fully saturated rings. The van der Waals surface area contributed by atoms with E-state index in [2.05, 4.69) is 53.6 Å². The fraction of sp³-hybridized carbons (Fsp3) is 0.235. The van der Waals surface area contributed by atoms with E-state index in [1.54, 1.807) is 0 Å². The minimum Gasteiger partial charge on any atom is -0.371 e. The lowest BCUT2D eigenvalue weighted by atomic mass is 10.1. The molecule has 2 aliphatic rings. The number of hydrogen-bond donors (Lipinski definition) is 0. The molecule has 0 radical (unpaired) electrons. The highest BCUT2D eigenvalue weighted by Crippen LogP contribution is 2.30. The van der Waals surface area contributed by atoms with Crippen LogP contribution in [0.4, 0.5) is 0 Å². The number of para-hydroxylation sites is 1. The van der Waals surface area contributed by atoms with Crippen molar-refractivity contribution in [2.45, 2.75) is 18.9 Å². The summed E-state index contributed by atoms with van der Waals surface area (Å²) in [5, 5.41) is 1.20. The Morgan fingerprint density at radius 3 is 2.74 bits per heavy atom. The molecule has 0 unspecified atom stereocenters. The molecule has 0 atom stereocenters.